The van der Waals surface area contributed by atoms with E-state index in [4.69, 9.17) is 5.73 Å². The smallest absolute Gasteiger partial charge is 0.364 e. The molecule has 3 N–H and O–H groups in total. The first-order valence-electron chi connectivity index (χ1n) is 8.62. The lowest BCUT2D eigenvalue weighted by molar-refractivity contribution is -0.137. The second kappa shape index (κ2) is 7.41. The second-order valence-corrected chi connectivity index (χ2v) is 6.13. The SMILES string of the molecule is CCC(CC)n1nc(C(N)=O)c(-c2nn[nH]n2)c1-c1ccccc1C(F)(F)F. The number of carbonyl (C=O) groups excluding carboxylic acids is 1. The fraction of sp³-hybridized carbons (Fsp3) is 0.353. The molecule has 2 aromatic heterocycles. The van der Waals surface area contributed by atoms with E-state index in [0.29, 0.717) is 12.8 Å². The summed E-state index contributed by atoms with van der Waals surface area (Å²) in [6.07, 6.45) is -3.44. The van der Waals surface area contributed by atoms with E-state index < -0.39 is 17.6 Å². The number of hydrogen-bond donors (Lipinski definition) is 2. The van der Waals surface area contributed by atoms with Gasteiger partial charge >= 0.3 is 6.18 Å². The Bertz CT molecular complexity index is 975. The fourth-order valence-corrected chi connectivity index (χ4v) is 3.18. The number of carbonyl (C=O) groups is 1. The van der Waals surface area contributed by atoms with Gasteiger partial charge in [-0.05, 0) is 24.1 Å². The van der Waals surface area contributed by atoms with Crippen LogP contribution in [0.25, 0.3) is 22.6 Å². The van der Waals surface area contributed by atoms with Crippen molar-refractivity contribution < 1.29 is 18.0 Å². The average Bonchev–Trinajstić information content (AvgIpc) is 3.29. The molecular weight excluding hydrogens is 375 g/mol. The molecule has 3 rings (SSSR count). The van der Waals surface area contributed by atoms with E-state index in [9.17, 15) is 18.0 Å². The predicted molar refractivity (Wildman–Crippen MR) is 94.0 cm³/mol. The summed E-state index contributed by atoms with van der Waals surface area (Å²) in [5.41, 5.74) is 4.36. The van der Waals surface area contributed by atoms with E-state index in [0.717, 1.165) is 6.07 Å². The molecule has 148 valence electrons. The number of rotatable bonds is 6. The van der Waals surface area contributed by atoms with Gasteiger partial charge in [0.15, 0.2) is 5.69 Å². The minimum Gasteiger partial charge on any atom is -0.364 e. The molecule has 0 fully saturated rings. The summed E-state index contributed by atoms with van der Waals surface area (Å²) in [6.45, 7) is 3.76. The molecule has 0 aliphatic rings. The van der Waals surface area contributed by atoms with Gasteiger partial charge in [0, 0.05) is 5.56 Å². The van der Waals surface area contributed by atoms with Crippen molar-refractivity contribution in [1.82, 2.24) is 30.4 Å². The Balaban J connectivity index is 2.44. The fourth-order valence-electron chi connectivity index (χ4n) is 3.18. The third-order valence-electron chi connectivity index (χ3n) is 4.49. The Morgan fingerprint density at radius 3 is 2.46 bits per heavy atom. The lowest BCUT2D eigenvalue weighted by Crippen LogP contribution is -2.15. The van der Waals surface area contributed by atoms with Crippen LogP contribution in [-0.4, -0.2) is 36.3 Å². The monoisotopic (exact) mass is 393 g/mol. The number of tetrazole rings is 1. The van der Waals surface area contributed by atoms with Crippen LogP contribution in [0.5, 0.6) is 0 Å². The summed E-state index contributed by atoms with van der Waals surface area (Å²) in [6, 6.07) is 4.83. The maximum atomic E-state index is 13.7. The lowest BCUT2D eigenvalue weighted by Gasteiger charge is -2.20. The number of primary amides is 1. The second-order valence-electron chi connectivity index (χ2n) is 6.13. The standard InChI is InChI=1S/C17H18F3N7O/c1-3-9(4-2)27-14(10-7-5-6-8-11(10)17(18,19)20)12(13(24-27)15(21)28)16-22-25-26-23-16/h5-9H,3-4H2,1-2H3,(H2,21,28)(H,22,23,25,26). The van der Waals surface area contributed by atoms with Crippen molar-refractivity contribution >= 4 is 5.91 Å². The van der Waals surface area contributed by atoms with Gasteiger partial charge in [-0.1, -0.05) is 32.0 Å². The molecule has 0 radical (unpaired) electrons. The zero-order chi connectivity index (χ0) is 20.5. The first-order chi connectivity index (χ1) is 13.3. The van der Waals surface area contributed by atoms with Crippen molar-refractivity contribution in [2.24, 2.45) is 5.73 Å². The molecule has 11 heteroatoms. The predicted octanol–water partition coefficient (Wildman–Crippen LogP) is 3.21. The topological polar surface area (TPSA) is 115 Å². The number of amides is 1. The molecule has 0 saturated heterocycles. The molecule has 28 heavy (non-hydrogen) atoms. The van der Waals surface area contributed by atoms with E-state index in [1.54, 1.807) is 0 Å². The highest BCUT2D eigenvalue weighted by atomic mass is 19.4. The van der Waals surface area contributed by atoms with E-state index in [-0.39, 0.29) is 34.4 Å². The molecule has 2 heterocycles. The van der Waals surface area contributed by atoms with Crippen molar-refractivity contribution in [2.45, 2.75) is 38.9 Å². The maximum absolute atomic E-state index is 13.7. The lowest BCUT2D eigenvalue weighted by atomic mass is 9.98. The van der Waals surface area contributed by atoms with Gasteiger partial charge in [0.05, 0.1) is 22.9 Å². The highest BCUT2D eigenvalue weighted by molar-refractivity contribution is 6.01. The molecule has 0 atom stereocenters. The number of hydrogen-bond acceptors (Lipinski definition) is 5. The van der Waals surface area contributed by atoms with Crippen LogP contribution in [0.15, 0.2) is 24.3 Å². The van der Waals surface area contributed by atoms with Crippen molar-refractivity contribution in [1.29, 1.82) is 0 Å². The molecule has 3 aromatic rings. The first kappa shape index (κ1) is 19.5. The molecule has 8 nitrogen and oxygen atoms in total. The third-order valence-corrected chi connectivity index (χ3v) is 4.49. The van der Waals surface area contributed by atoms with Gasteiger partial charge < -0.3 is 5.73 Å². The quantitative estimate of drug-likeness (QED) is 0.667. The van der Waals surface area contributed by atoms with Crippen LogP contribution in [0.3, 0.4) is 0 Å². The Hall–Kier alpha value is -3.24. The van der Waals surface area contributed by atoms with Crippen LogP contribution in [-0.2, 0) is 6.18 Å². The number of nitrogens with one attached hydrogen (secondary N) is 1. The van der Waals surface area contributed by atoms with Crippen molar-refractivity contribution in [2.75, 3.05) is 0 Å². The Labute approximate surface area is 157 Å². The molecule has 0 bridgehead atoms. The van der Waals surface area contributed by atoms with Gasteiger partial charge in [-0.3, -0.25) is 9.48 Å². The van der Waals surface area contributed by atoms with Crippen LogP contribution in [0.2, 0.25) is 0 Å². The van der Waals surface area contributed by atoms with Crippen LogP contribution in [0.4, 0.5) is 13.2 Å². The van der Waals surface area contributed by atoms with Crippen molar-refractivity contribution in [3.8, 4) is 22.6 Å². The highest BCUT2D eigenvalue weighted by Gasteiger charge is 2.37. The zero-order valence-corrected chi connectivity index (χ0v) is 15.2. The molecule has 0 spiro atoms. The molecule has 0 aliphatic heterocycles. The number of alkyl halides is 3. The van der Waals surface area contributed by atoms with Crippen LogP contribution < -0.4 is 5.73 Å². The van der Waals surface area contributed by atoms with Gasteiger partial charge in [0.2, 0.25) is 5.82 Å². The minimum absolute atomic E-state index is 0.0184. The number of aromatic amines is 1. The number of nitrogens with two attached hydrogens (primary N) is 1. The first-order valence-corrected chi connectivity index (χ1v) is 8.62. The van der Waals surface area contributed by atoms with Gasteiger partial charge in [-0.2, -0.15) is 23.5 Å². The average molecular weight is 393 g/mol. The summed E-state index contributed by atoms with van der Waals surface area (Å²) >= 11 is 0. The third kappa shape index (κ3) is 3.35. The van der Waals surface area contributed by atoms with Gasteiger partial charge in [-0.15, -0.1) is 10.2 Å². The molecule has 0 aliphatic carbocycles. The van der Waals surface area contributed by atoms with Crippen molar-refractivity contribution in [3.05, 3.63) is 35.5 Å². The molecule has 1 aromatic carbocycles. The Morgan fingerprint density at radius 1 is 1.25 bits per heavy atom. The van der Waals surface area contributed by atoms with E-state index in [1.807, 2.05) is 13.8 Å². The largest absolute Gasteiger partial charge is 0.417 e. The Morgan fingerprint density at radius 2 is 1.93 bits per heavy atom. The number of benzene rings is 1. The zero-order valence-electron chi connectivity index (χ0n) is 15.2. The minimum atomic E-state index is -4.61. The van der Waals surface area contributed by atoms with Crippen molar-refractivity contribution in [3.63, 3.8) is 0 Å². The van der Waals surface area contributed by atoms with Gasteiger partial charge in [0.1, 0.15) is 0 Å². The molecule has 0 unspecified atom stereocenters. The van der Waals surface area contributed by atoms with Gasteiger partial charge in [0.25, 0.3) is 5.91 Å². The summed E-state index contributed by atoms with van der Waals surface area (Å²) in [4.78, 5) is 12.0. The summed E-state index contributed by atoms with van der Waals surface area (Å²) in [5, 5.41) is 17.6. The van der Waals surface area contributed by atoms with E-state index >= 15 is 0 Å². The molecular formula is C17H18F3N7O. The number of nitrogens with zero attached hydrogens (tertiary/aromatic N) is 5. The van der Waals surface area contributed by atoms with E-state index in [1.165, 1.54) is 22.9 Å². The molecule has 0 saturated carbocycles. The van der Waals surface area contributed by atoms with Crippen LogP contribution in [0.1, 0.15) is 48.8 Å². The highest BCUT2D eigenvalue weighted by Crippen LogP contribution is 2.42. The summed E-state index contributed by atoms with van der Waals surface area (Å²) < 4.78 is 42.5. The van der Waals surface area contributed by atoms with Crippen LogP contribution in [0, 0.1) is 0 Å². The normalized spacial score (nSPS) is 11.9. The number of halogens is 3. The summed E-state index contributed by atoms with van der Waals surface area (Å²) in [7, 11) is 0. The van der Waals surface area contributed by atoms with E-state index in [2.05, 4.69) is 25.7 Å². The number of H-pyrrole nitrogens is 1. The Kier molecular flexibility index (Phi) is 5.16. The van der Waals surface area contributed by atoms with Gasteiger partial charge in [-0.25, -0.2) is 0 Å². The van der Waals surface area contributed by atoms with Crippen LogP contribution >= 0.6 is 0 Å². The maximum Gasteiger partial charge on any atom is 0.417 e. The summed E-state index contributed by atoms with van der Waals surface area (Å²) in [5.74, 6) is -0.951. The number of aromatic nitrogens is 6. The molecule has 1 amide bonds.